The SMILES string of the molecule is CN=C(NCc1ccc(CN2CCCCC2)cc1)NCc1csc(C(C)(C)C)n1.I. The van der Waals surface area contributed by atoms with Gasteiger partial charge in [-0.05, 0) is 37.1 Å². The summed E-state index contributed by atoms with van der Waals surface area (Å²) in [6, 6.07) is 8.95. The number of aromatic nitrogens is 1. The number of guanidine groups is 1. The molecule has 30 heavy (non-hydrogen) atoms. The Morgan fingerprint density at radius 2 is 1.67 bits per heavy atom. The summed E-state index contributed by atoms with van der Waals surface area (Å²) in [6.45, 7) is 11.6. The number of piperidine rings is 1. The van der Waals surface area contributed by atoms with E-state index < -0.39 is 0 Å². The molecule has 0 bridgehead atoms. The predicted octanol–water partition coefficient (Wildman–Crippen LogP) is 4.91. The van der Waals surface area contributed by atoms with Crippen molar-refractivity contribution in [3.8, 4) is 0 Å². The van der Waals surface area contributed by atoms with Crippen LogP contribution >= 0.6 is 35.3 Å². The van der Waals surface area contributed by atoms with Crippen molar-refractivity contribution in [1.29, 1.82) is 0 Å². The van der Waals surface area contributed by atoms with Crippen LogP contribution in [-0.4, -0.2) is 36.0 Å². The lowest BCUT2D eigenvalue weighted by atomic mass is 9.98. The zero-order valence-electron chi connectivity index (χ0n) is 18.7. The maximum Gasteiger partial charge on any atom is 0.191 e. The molecule has 2 N–H and O–H groups in total. The number of benzene rings is 1. The number of thiazole rings is 1. The zero-order chi connectivity index (χ0) is 20.7. The van der Waals surface area contributed by atoms with Gasteiger partial charge in [0.15, 0.2) is 5.96 Å². The van der Waals surface area contributed by atoms with E-state index in [1.54, 1.807) is 18.4 Å². The minimum Gasteiger partial charge on any atom is -0.352 e. The molecule has 5 nitrogen and oxygen atoms in total. The minimum atomic E-state index is 0. The van der Waals surface area contributed by atoms with E-state index in [4.69, 9.17) is 4.98 Å². The molecule has 2 aromatic rings. The second-order valence-electron chi connectivity index (χ2n) is 8.83. The molecule has 0 aliphatic carbocycles. The topological polar surface area (TPSA) is 52.6 Å². The molecule has 0 amide bonds. The summed E-state index contributed by atoms with van der Waals surface area (Å²) in [5.41, 5.74) is 3.82. The molecule has 0 spiro atoms. The molecular formula is C23H36IN5S. The summed E-state index contributed by atoms with van der Waals surface area (Å²) in [4.78, 5) is 11.6. The van der Waals surface area contributed by atoms with Gasteiger partial charge in [0.25, 0.3) is 0 Å². The largest absolute Gasteiger partial charge is 0.352 e. The number of nitrogens with one attached hydrogen (secondary N) is 2. The predicted molar refractivity (Wildman–Crippen MR) is 139 cm³/mol. The summed E-state index contributed by atoms with van der Waals surface area (Å²) in [7, 11) is 1.80. The number of hydrogen-bond acceptors (Lipinski definition) is 4. The van der Waals surface area contributed by atoms with Crippen LogP contribution in [0.3, 0.4) is 0 Å². The number of hydrogen-bond donors (Lipinski definition) is 2. The number of likely N-dealkylation sites (tertiary alicyclic amines) is 1. The second-order valence-corrected chi connectivity index (χ2v) is 9.68. The van der Waals surface area contributed by atoms with Crippen molar-refractivity contribution >= 4 is 41.3 Å². The summed E-state index contributed by atoms with van der Waals surface area (Å²) < 4.78 is 0. The Bertz CT molecular complexity index is 789. The van der Waals surface area contributed by atoms with E-state index >= 15 is 0 Å². The van der Waals surface area contributed by atoms with Gasteiger partial charge in [-0.25, -0.2) is 4.98 Å². The van der Waals surface area contributed by atoms with Gasteiger partial charge in [-0.15, -0.1) is 35.3 Å². The first-order valence-corrected chi connectivity index (χ1v) is 11.5. The highest BCUT2D eigenvalue weighted by atomic mass is 127. The smallest absolute Gasteiger partial charge is 0.191 e. The monoisotopic (exact) mass is 541 g/mol. The van der Waals surface area contributed by atoms with Crippen molar-refractivity contribution in [1.82, 2.24) is 20.5 Å². The lowest BCUT2D eigenvalue weighted by molar-refractivity contribution is 0.221. The van der Waals surface area contributed by atoms with Gasteiger partial charge in [-0.1, -0.05) is 51.5 Å². The Morgan fingerprint density at radius 3 is 2.27 bits per heavy atom. The van der Waals surface area contributed by atoms with Gasteiger partial charge in [0, 0.05) is 30.9 Å². The highest BCUT2D eigenvalue weighted by Gasteiger charge is 2.18. The lowest BCUT2D eigenvalue weighted by Gasteiger charge is -2.26. The van der Waals surface area contributed by atoms with Gasteiger partial charge in [0.1, 0.15) is 0 Å². The maximum absolute atomic E-state index is 4.73. The van der Waals surface area contributed by atoms with E-state index in [2.05, 4.69) is 70.9 Å². The van der Waals surface area contributed by atoms with E-state index in [0.717, 1.165) is 24.7 Å². The average molecular weight is 542 g/mol. The van der Waals surface area contributed by atoms with Crippen molar-refractivity contribution in [2.45, 2.75) is 65.1 Å². The van der Waals surface area contributed by atoms with Crippen LogP contribution in [0, 0.1) is 0 Å². The van der Waals surface area contributed by atoms with E-state index in [-0.39, 0.29) is 29.4 Å². The van der Waals surface area contributed by atoms with Crippen LogP contribution < -0.4 is 10.6 Å². The summed E-state index contributed by atoms with van der Waals surface area (Å²) in [5.74, 6) is 0.799. The van der Waals surface area contributed by atoms with Crippen LogP contribution in [0.4, 0.5) is 0 Å². The molecule has 1 aromatic heterocycles. The number of aliphatic imine (C=N–C) groups is 1. The first kappa shape index (κ1) is 25.1. The van der Waals surface area contributed by atoms with Gasteiger partial charge in [-0.3, -0.25) is 9.89 Å². The van der Waals surface area contributed by atoms with Crippen LogP contribution in [0.15, 0.2) is 34.6 Å². The molecule has 2 heterocycles. The van der Waals surface area contributed by atoms with Crippen LogP contribution in [-0.2, 0) is 25.0 Å². The second kappa shape index (κ2) is 12.0. The van der Waals surface area contributed by atoms with Crippen LogP contribution in [0.25, 0.3) is 0 Å². The maximum atomic E-state index is 4.73. The number of rotatable bonds is 6. The van der Waals surface area contributed by atoms with Crippen molar-refractivity contribution in [3.63, 3.8) is 0 Å². The Labute approximate surface area is 202 Å². The first-order valence-electron chi connectivity index (χ1n) is 10.6. The van der Waals surface area contributed by atoms with Crippen LogP contribution in [0.5, 0.6) is 0 Å². The van der Waals surface area contributed by atoms with E-state index in [1.807, 2.05) is 0 Å². The standard InChI is InChI=1S/C23H35N5S.HI/c1-23(2,3)21-27-20(17-29-21)15-26-22(24-4)25-14-18-8-10-19(11-9-18)16-28-12-6-5-7-13-28;/h8-11,17H,5-7,12-16H2,1-4H3,(H2,24,25,26);1H. The molecule has 166 valence electrons. The third kappa shape index (κ3) is 7.81. The van der Waals surface area contributed by atoms with Crippen LogP contribution in [0.1, 0.15) is 61.9 Å². The Kier molecular flexibility index (Phi) is 10.0. The molecule has 1 aromatic carbocycles. The van der Waals surface area contributed by atoms with Gasteiger partial charge >= 0.3 is 0 Å². The van der Waals surface area contributed by atoms with E-state index in [1.165, 1.54) is 48.5 Å². The fourth-order valence-corrected chi connectivity index (χ4v) is 4.36. The van der Waals surface area contributed by atoms with Crippen molar-refractivity contribution < 1.29 is 0 Å². The highest BCUT2D eigenvalue weighted by Crippen LogP contribution is 2.25. The molecular weight excluding hydrogens is 505 g/mol. The molecule has 0 atom stereocenters. The minimum absolute atomic E-state index is 0. The summed E-state index contributed by atoms with van der Waals surface area (Å²) >= 11 is 1.72. The molecule has 1 fully saturated rings. The normalized spacial score (nSPS) is 15.5. The van der Waals surface area contributed by atoms with Gasteiger partial charge < -0.3 is 10.6 Å². The third-order valence-corrected chi connectivity index (χ3v) is 6.51. The van der Waals surface area contributed by atoms with Crippen LogP contribution in [0.2, 0.25) is 0 Å². The van der Waals surface area contributed by atoms with E-state index in [0.29, 0.717) is 6.54 Å². The molecule has 1 saturated heterocycles. The lowest BCUT2D eigenvalue weighted by Crippen LogP contribution is -2.36. The Morgan fingerprint density at radius 1 is 1.03 bits per heavy atom. The Hall–Kier alpha value is -1.19. The van der Waals surface area contributed by atoms with Crippen molar-refractivity contribution in [3.05, 3.63) is 51.5 Å². The van der Waals surface area contributed by atoms with E-state index in [9.17, 15) is 0 Å². The molecule has 7 heteroatoms. The van der Waals surface area contributed by atoms with Gasteiger partial charge in [-0.2, -0.15) is 0 Å². The molecule has 3 rings (SSSR count). The fourth-order valence-electron chi connectivity index (χ4n) is 3.45. The summed E-state index contributed by atoms with van der Waals surface area (Å²) in [6.07, 6.45) is 4.07. The molecule has 0 radical (unpaired) electrons. The third-order valence-electron chi connectivity index (χ3n) is 5.19. The van der Waals surface area contributed by atoms with Gasteiger partial charge in [0.2, 0.25) is 0 Å². The highest BCUT2D eigenvalue weighted by molar-refractivity contribution is 14.0. The quantitative estimate of drug-likeness (QED) is 0.310. The van der Waals surface area contributed by atoms with Crippen molar-refractivity contribution in [2.24, 2.45) is 4.99 Å². The fraction of sp³-hybridized carbons (Fsp3) is 0.565. The zero-order valence-corrected chi connectivity index (χ0v) is 21.8. The molecule has 1 aliphatic rings. The van der Waals surface area contributed by atoms with Crippen molar-refractivity contribution in [2.75, 3.05) is 20.1 Å². The molecule has 0 saturated carbocycles. The Balaban J connectivity index is 0.00000320. The average Bonchev–Trinajstić information content (AvgIpc) is 3.20. The van der Waals surface area contributed by atoms with Gasteiger partial charge in [0.05, 0.1) is 17.2 Å². The molecule has 0 unspecified atom stereocenters. The first-order chi connectivity index (χ1) is 13.9. The summed E-state index contributed by atoms with van der Waals surface area (Å²) in [5, 5.41) is 10.1. The number of halogens is 1. The number of nitrogens with zero attached hydrogens (tertiary/aromatic N) is 3. The molecule has 1 aliphatic heterocycles.